The molecule has 0 unspecified atom stereocenters. The quantitative estimate of drug-likeness (QED) is 0.618. The van der Waals surface area contributed by atoms with E-state index in [0.717, 1.165) is 6.07 Å². The van der Waals surface area contributed by atoms with Gasteiger partial charge in [0.1, 0.15) is 11.6 Å². The van der Waals surface area contributed by atoms with E-state index >= 15 is 0 Å². The lowest BCUT2D eigenvalue weighted by Crippen LogP contribution is -1.98. The van der Waals surface area contributed by atoms with Crippen molar-refractivity contribution in [1.29, 1.82) is 0 Å². The fourth-order valence-corrected chi connectivity index (χ4v) is 0.885. The molecule has 0 heterocycles. The molecule has 0 aromatic heterocycles. The highest BCUT2D eigenvalue weighted by molar-refractivity contribution is 5.17. The summed E-state index contributed by atoms with van der Waals surface area (Å²) in [5.41, 5.74) is 0.560. The normalized spacial score (nSPS) is 10.1. The number of nitrogens with zero attached hydrogens (tertiary/aromatic N) is 1. The third-order valence-corrected chi connectivity index (χ3v) is 1.26. The van der Waals surface area contributed by atoms with E-state index in [1.807, 2.05) is 0 Å². The summed E-state index contributed by atoms with van der Waals surface area (Å²) < 4.78 is 24.9. The maximum atomic E-state index is 12.5. The van der Waals surface area contributed by atoms with E-state index in [4.69, 9.17) is 0 Å². The lowest BCUT2D eigenvalue weighted by atomic mass is 10.2. The molecule has 0 saturated heterocycles. The molecule has 11 heavy (non-hydrogen) atoms. The standard InChI is InChI=1S/C8H8F2N/c1-11-5-6-2-7(9)4-8(10)3-6/h2-4H,5H2,1H3. The van der Waals surface area contributed by atoms with E-state index in [0.29, 0.717) is 12.1 Å². The molecule has 0 aliphatic carbocycles. The Hall–Kier alpha value is -0.960. The molecule has 0 aliphatic rings. The van der Waals surface area contributed by atoms with Gasteiger partial charge in [-0.1, -0.05) is 0 Å². The summed E-state index contributed by atoms with van der Waals surface area (Å²) in [6.07, 6.45) is 0. The smallest absolute Gasteiger partial charge is 0.126 e. The average molecular weight is 156 g/mol. The van der Waals surface area contributed by atoms with Crippen molar-refractivity contribution < 1.29 is 8.78 Å². The molecule has 0 bridgehead atoms. The Morgan fingerprint density at radius 2 is 1.73 bits per heavy atom. The molecule has 3 heteroatoms. The average Bonchev–Trinajstić information content (AvgIpc) is 1.85. The Morgan fingerprint density at radius 3 is 2.18 bits per heavy atom. The molecule has 0 saturated carbocycles. The number of hydrogen-bond acceptors (Lipinski definition) is 0. The van der Waals surface area contributed by atoms with E-state index in [1.54, 1.807) is 7.05 Å². The fourth-order valence-electron chi connectivity index (χ4n) is 0.885. The molecule has 0 spiro atoms. The number of hydrogen-bond donors (Lipinski definition) is 0. The first-order valence-electron chi connectivity index (χ1n) is 3.23. The molecule has 1 aromatic rings. The van der Waals surface area contributed by atoms with Gasteiger partial charge in [0.2, 0.25) is 0 Å². The summed E-state index contributed by atoms with van der Waals surface area (Å²) in [6.45, 7) is 0.356. The number of halogens is 2. The monoisotopic (exact) mass is 156 g/mol. The Kier molecular flexibility index (Phi) is 2.54. The van der Waals surface area contributed by atoms with Crippen molar-refractivity contribution in [3.63, 3.8) is 0 Å². The van der Waals surface area contributed by atoms with Crippen LogP contribution < -0.4 is 5.32 Å². The van der Waals surface area contributed by atoms with Crippen molar-refractivity contribution in [3.8, 4) is 0 Å². The van der Waals surface area contributed by atoms with Crippen molar-refractivity contribution in [3.05, 3.63) is 35.4 Å². The summed E-state index contributed by atoms with van der Waals surface area (Å²) in [5.74, 6) is -1.10. The summed E-state index contributed by atoms with van der Waals surface area (Å²) in [5, 5.41) is 3.75. The first kappa shape index (κ1) is 8.14. The minimum Gasteiger partial charge on any atom is -0.240 e. The van der Waals surface area contributed by atoms with Crippen molar-refractivity contribution in [1.82, 2.24) is 5.32 Å². The largest absolute Gasteiger partial charge is 0.240 e. The molecule has 0 amide bonds. The van der Waals surface area contributed by atoms with Crippen molar-refractivity contribution in [2.45, 2.75) is 6.54 Å². The van der Waals surface area contributed by atoms with Gasteiger partial charge in [-0.25, -0.2) is 14.1 Å². The van der Waals surface area contributed by atoms with Crippen LogP contribution >= 0.6 is 0 Å². The molecular formula is C8H8F2N. The van der Waals surface area contributed by atoms with Gasteiger partial charge in [0.25, 0.3) is 0 Å². The second-order valence-electron chi connectivity index (χ2n) is 2.25. The molecule has 0 fully saturated rings. The van der Waals surface area contributed by atoms with Crippen LogP contribution in [0.2, 0.25) is 0 Å². The Balaban J connectivity index is 2.89. The van der Waals surface area contributed by atoms with Gasteiger partial charge < -0.3 is 0 Å². The highest BCUT2D eigenvalue weighted by Crippen LogP contribution is 2.07. The van der Waals surface area contributed by atoms with Gasteiger partial charge in [0, 0.05) is 19.7 Å². The van der Waals surface area contributed by atoms with Crippen LogP contribution in [-0.4, -0.2) is 7.05 Å². The predicted molar refractivity (Wildman–Crippen MR) is 38.1 cm³/mol. The lowest BCUT2D eigenvalue weighted by Gasteiger charge is -1.98. The van der Waals surface area contributed by atoms with Gasteiger partial charge in [0.05, 0.1) is 0 Å². The maximum Gasteiger partial charge on any atom is 0.126 e. The second-order valence-corrected chi connectivity index (χ2v) is 2.25. The Bertz CT molecular complexity index is 228. The van der Waals surface area contributed by atoms with E-state index in [2.05, 4.69) is 5.32 Å². The van der Waals surface area contributed by atoms with E-state index in [1.165, 1.54) is 12.1 Å². The van der Waals surface area contributed by atoms with Gasteiger partial charge in [-0.05, 0) is 17.7 Å². The van der Waals surface area contributed by atoms with Crippen LogP contribution in [0.1, 0.15) is 5.56 Å². The van der Waals surface area contributed by atoms with E-state index < -0.39 is 11.6 Å². The van der Waals surface area contributed by atoms with Crippen molar-refractivity contribution in [2.75, 3.05) is 7.05 Å². The molecule has 0 N–H and O–H groups in total. The third-order valence-electron chi connectivity index (χ3n) is 1.26. The molecule has 0 atom stereocenters. The van der Waals surface area contributed by atoms with Crippen LogP contribution in [0, 0.1) is 11.6 Å². The van der Waals surface area contributed by atoms with E-state index in [9.17, 15) is 8.78 Å². The third kappa shape index (κ3) is 2.27. The molecule has 59 valence electrons. The summed E-state index contributed by atoms with van der Waals surface area (Å²) in [7, 11) is 1.60. The van der Waals surface area contributed by atoms with Gasteiger partial charge in [-0.2, -0.15) is 0 Å². The first-order valence-corrected chi connectivity index (χ1v) is 3.23. The molecule has 0 aliphatic heterocycles. The van der Waals surface area contributed by atoms with Crippen LogP contribution in [0.4, 0.5) is 8.78 Å². The Morgan fingerprint density at radius 1 is 1.18 bits per heavy atom. The Labute approximate surface area is 64.0 Å². The van der Waals surface area contributed by atoms with Gasteiger partial charge in [-0.3, -0.25) is 0 Å². The zero-order chi connectivity index (χ0) is 8.27. The second kappa shape index (κ2) is 3.44. The molecular weight excluding hydrogens is 148 g/mol. The van der Waals surface area contributed by atoms with Gasteiger partial charge in [-0.15, -0.1) is 0 Å². The maximum absolute atomic E-state index is 12.5. The van der Waals surface area contributed by atoms with Crippen LogP contribution in [0.25, 0.3) is 0 Å². The zero-order valence-corrected chi connectivity index (χ0v) is 6.14. The fraction of sp³-hybridized carbons (Fsp3) is 0.250. The van der Waals surface area contributed by atoms with E-state index in [-0.39, 0.29) is 0 Å². The SMILES string of the molecule is C[N]Cc1cc(F)cc(F)c1. The molecule has 1 radical (unpaired) electrons. The van der Waals surface area contributed by atoms with Gasteiger partial charge >= 0.3 is 0 Å². The highest BCUT2D eigenvalue weighted by atomic mass is 19.1. The van der Waals surface area contributed by atoms with Crippen LogP contribution in [0.5, 0.6) is 0 Å². The van der Waals surface area contributed by atoms with Crippen LogP contribution in [-0.2, 0) is 6.54 Å². The minimum atomic E-state index is -0.552. The molecule has 1 aromatic carbocycles. The van der Waals surface area contributed by atoms with Crippen molar-refractivity contribution in [2.24, 2.45) is 0 Å². The van der Waals surface area contributed by atoms with Crippen LogP contribution in [0.3, 0.4) is 0 Å². The number of rotatable bonds is 2. The zero-order valence-electron chi connectivity index (χ0n) is 6.14. The summed E-state index contributed by atoms with van der Waals surface area (Å²) in [6, 6.07) is 3.39. The predicted octanol–water partition coefficient (Wildman–Crippen LogP) is 1.70. The van der Waals surface area contributed by atoms with Crippen molar-refractivity contribution >= 4 is 0 Å². The molecule has 1 nitrogen and oxygen atoms in total. The van der Waals surface area contributed by atoms with Gasteiger partial charge in [0.15, 0.2) is 0 Å². The summed E-state index contributed by atoms with van der Waals surface area (Å²) >= 11 is 0. The number of benzene rings is 1. The summed E-state index contributed by atoms with van der Waals surface area (Å²) in [4.78, 5) is 0. The minimum absolute atomic E-state index is 0.356. The van der Waals surface area contributed by atoms with Crippen LogP contribution in [0.15, 0.2) is 18.2 Å². The molecule has 1 rings (SSSR count). The topological polar surface area (TPSA) is 14.1 Å². The highest BCUT2D eigenvalue weighted by Gasteiger charge is 1.98. The lowest BCUT2D eigenvalue weighted by molar-refractivity contribution is 0.577. The first-order chi connectivity index (χ1) is 5.22.